The molecule has 1 aliphatic carbocycles. The van der Waals surface area contributed by atoms with E-state index in [0.717, 1.165) is 24.9 Å². The highest BCUT2D eigenvalue weighted by molar-refractivity contribution is 5.89. The van der Waals surface area contributed by atoms with Crippen molar-refractivity contribution < 1.29 is 9.53 Å². The average molecular weight is 291 g/mol. The molecule has 2 rings (SSSR count). The van der Waals surface area contributed by atoms with Crippen LogP contribution in [-0.2, 0) is 4.74 Å². The van der Waals surface area contributed by atoms with Gasteiger partial charge >= 0.3 is 6.03 Å². The van der Waals surface area contributed by atoms with Gasteiger partial charge in [0.2, 0.25) is 0 Å². The predicted molar refractivity (Wildman–Crippen MR) is 84.5 cm³/mol. The van der Waals surface area contributed by atoms with Crippen molar-refractivity contribution in [2.45, 2.75) is 44.4 Å². The van der Waals surface area contributed by atoms with Crippen LogP contribution in [0.5, 0.6) is 0 Å². The molecular formula is C16H25N3O2. The Labute approximate surface area is 126 Å². The maximum atomic E-state index is 12.0. The van der Waals surface area contributed by atoms with Crippen LogP contribution in [0.3, 0.4) is 0 Å². The van der Waals surface area contributed by atoms with Gasteiger partial charge in [0, 0.05) is 24.9 Å². The van der Waals surface area contributed by atoms with Crippen LogP contribution in [0.4, 0.5) is 10.5 Å². The van der Waals surface area contributed by atoms with Gasteiger partial charge in [-0.15, -0.1) is 0 Å². The van der Waals surface area contributed by atoms with Crippen molar-refractivity contribution in [2.75, 3.05) is 19.5 Å². The zero-order chi connectivity index (χ0) is 15.2. The highest BCUT2D eigenvalue weighted by Crippen LogP contribution is 2.21. The van der Waals surface area contributed by atoms with Gasteiger partial charge in [-0.25, -0.2) is 4.79 Å². The fourth-order valence-electron chi connectivity index (χ4n) is 2.66. The van der Waals surface area contributed by atoms with Crippen LogP contribution in [0.1, 0.15) is 37.8 Å². The van der Waals surface area contributed by atoms with E-state index in [0.29, 0.717) is 6.04 Å². The molecular weight excluding hydrogens is 266 g/mol. The van der Waals surface area contributed by atoms with Gasteiger partial charge < -0.3 is 20.7 Å². The molecule has 5 heteroatoms. The average Bonchev–Trinajstić information content (AvgIpc) is 2.94. The van der Waals surface area contributed by atoms with E-state index in [1.54, 1.807) is 7.11 Å². The Balaban J connectivity index is 1.82. The highest BCUT2D eigenvalue weighted by atomic mass is 16.5. The number of amides is 2. The third-order valence-corrected chi connectivity index (χ3v) is 4.15. The first-order valence-electron chi connectivity index (χ1n) is 7.50. The number of rotatable bonds is 5. The molecule has 0 saturated heterocycles. The van der Waals surface area contributed by atoms with Crippen molar-refractivity contribution in [3.63, 3.8) is 0 Å². The van der Waals surface area contributed by atoms with Crippen LogP contribution in [0.15, 0.2) is 24.3 Å². The lowest BCUT2D eigenvalue weighted by atomic mass is 10.1. The number of benzene rings is 1. The van der Waals surface area contributed by atoms with Crippen molar-refractivity contribution in [1.29, 1.82) is 0 Å². The van der Waals surface area contributed by atoms with Crippen molar-refractivity contribution in [1.82, 2.24) is 10.6 Å². The minimum atomic E-state index is -0.147. The molecule has 116 valence electrons. The summed E-state index contributed by atoms with van der Waals surface area (Å²) >= 11 is 0. The standard InChI is InChI=1S/C16H25N3O2/c1-11(17-2)12-4-6-13(7-5-12)18-16(20)19-14-8-9-15(10-14)21-3/h4-7,11,14-15,17H,8-10H2,1-3H3,(H2,18,19,20). The fourth-order valence-corrected chi connectivity index (χ4v) is 2.66. The van der Waals surface area contributed by atoms with Crippen LogP contribution in [-0.4, -0.2) is 32.3 Å². The third kappa shape index (κ3) is 4.44. The van der Waals surface area contributed by atoms with E-state index < -0.39 is 0 Å². The zero-order valence-electron chi connectivity index (χ0n) is 13.0. The summed E-state index contributed by atoms with van der Waals surface area (Å²) in [6.07, 6.45) is 3.16. The van der Waals surface area contributed by atoms with Crippen molar-refractivity contribution >= 4 is 11.7 Å². The summed E-state index contributed by atoms with van der Waals surface area (Å²) in [6, 6.07) is 8.26. The maximum absolute atomic E-state index is 12.0. The molecule has 3 atom stereocenters. The zero-order valence-corrected chi connectivity index (χ0v) is 13.0. The summed E-state index contributed by atoms with van der Waals surface area (Å²) in [6.45, 7) is 2.10. The van der Waals surface area contributed by atoms with Crippen LogP contribution in [0.25, 0.3) is 0 Å². The van der Waals surface area contributed by atoms with Gasteiger partial charge in [-0.3, -0.25) is 0 Å². The van der Waals surface area contributed by atoms with Gasteiger partial charge in [-0.1, -0.05) is 12.1 Å². The van der Waals surface area contributed by atoms with Gasteiger partial charge in [-0.05, 0) is 50.9 Å². The summed E-state index contributed by atoms with van der Waals surface area (Å²) < 4.78 is 5.31. The number of carbonyl (C=O) groups excluding carboxylic acids is 1. The minimum absolute atomic E-state index is 0.147. The Bertz CT molecular complexity index is 461. The van der Waals surface area contributed by atoms with Crippen molar-refractivity contribution in [2.24, 2.45) is 0 Å². The van der Waals surface area contributed by atoms with E-state index in [9.17, 15) is 4.79 Å². The molecule has 0 radical (unpaired) electrons. The van der Waals surface area contributed by atoms with Crippen LogP contribution < -0.4 is 16.0 Å². The molecule has 0 aromatic heterocycles. The monoisotopic (exact) mass is 291 g/mol. The number of nitrogens with one attached hydrogen (secondary N) is 3. The molecule has 1 aliphatic rings. The molecule has 0 heterocycles. The lowest BCUT2D eigenvalue weighted by molar-refractivity contribution is 0.107. The van der Waals surface area contributed by atoms with Crippen LogP contribution >= 0.6 is 0 Å². The number of hydrogen-bond donors (Lipinski definition) is 3. The number of hydrogen-bond acceptors (Lipinski definition) is 3. The molecule has 0 spiro atoms. The Morgan fingerprint density at radius 3 is 2.57 bits per heavy atom. The first kappa shape index (κ1) is 15.8. The minimum Gasteiger partial charge on any atom is -0.381 e. The molecule has 1 saturated carbocycles. The largest absolute Gasteiger partial charge is 0.381 e. The number of urea groups is 1. The Morgan fingerprint density at radius 1 is 1.29 bits per heavy atom. The van der Waals surface area contributed by atoms with E-state index in [2.05, 4.69) is 22.9 Å². The lowest BCUT2D eigenvalue weighted by Gasteiger charge is -2.15. The third-order valence-electron chi connectivity index (χ3n) is 4.15. The number of methoxy groups -OCH3 is 1. The van der Waals surface area contributed by atoms with Crippen molar-refractivity contribution in [3.05, 3.63) is 29.8 Å². The molecule has 1 aromatic carbocycles. The van der Waals surface area contributed by atoms with Gasteiger partial charge in [0.05, 0.1) is 6.10 Å². The molecule has 0 aliphatic heterocycles. The summed E-state index contributed by atoms with van der Waals surface area (Å²) in [5, 5.41) is 9.06. The van der Waals surface area contributed by atoms with Crippen molar-refractivity contribution in [3.8, 4) is 0 Å². The molecule has 1 aromatic rings. The van der Waals surface area contributed by atoms with Gasteiger partial charge in [0.15, 0.2) is 0 Å². The molecule has 21 heavy (non-hydrogen) atoms. The number of carbonyl (C=O) groups is 1. The van der Waals surface area contributed by atoms with Gasteiger partial charge in [-0.2, -0.15) is 0 Å². The van der Waals surface area contributed by atoms with E-state index >= 15 is 0 Å². The predicted octanol–water partition coefficient (Wildman–Crippen LogP) is 2.66. The molecule has 0 bridgehead atoms. The molecule has 3 unspecified atom stereocenters. The summed E-state index contributed by atoms with van der Waals surface area (Å²) in [5.41, 5.74) is 2.00. The van der Waals surface area contributed by atoms with Gasteiger partial charge in [0.1, 0.15) is 0 Å². The second kappa shape index (κ2) is 7.43. The second-order valence-electron chi connectivity index (χ2n) is 5.60. The van der Waals surface area contributed by atoms with E-state index in [4.69, 9.17) is 4.74 Å². The Morgan fingerprint density at radius 2 is 2.00 bits per heavy atom. The topological polar surface area (TPSA) is 62.4 Å². The highest BCUT2D eigenvalue weighted by Gasteiger charge is 2.25. The number of anilines is 1. The van der Waals surface area contributed by atoms with Crippen LogP contribution in [0.2, 0.25) is 0 Å². The summed E-state index contributed by atoms with van der Waals surface area (Å²) in [5.74, 6) is 0. The molecule has 2 amide bonds. The summed E-state index contributed by atoms with van der Waals surface area (Å²) in [4.78, 5) is 12.0. The first-order chi connectivity index (χ1) is 10.1. The fraction of sp³-hybridized carbons (Fsp3) is 0.562. The lowest BCUT2D eigenvalue weighted by Crippen LogP contribution is -2.36. The number of ether oxygens (including phenoxy) is 1. The van der Waals surface area contributed by atoms with E-state index in [1.807, 2.05) is 31.3 Å². The quantitative estimate of drug-likeness (QED) is 0.781. The van der Waals surface area contributed by atoms with Crippen LogP contribution in [0, 0.1) is 0 Å². The van der Waals surface area contributed by atoms with E-state index in [1.165, 1.54) is 5.56 Å². The second-order valence-corrected chi connectivity index (χ2v) is 5.60. The Kier molecular flexibility index (Phi) is 5.59. The smallest absolute Gasteiger partial charge is 0.319 e. The summed E-state index contributed by atoms with van der Waals surface area (Å²) in [7, 11) is 3.65. The molecule has 1 fully saturated rings. The molecule has 5 nitrogen and oxygen atoms in total. The normalized spacial score (nSPS) is 22.8. The first-order valence-corrected chi connectivity index (χ1v) is 7.50. The van der Waals surface area contributed by atoms with Gasteiger partial charge in [0.25, 0.3) is 0 Å². The Hall–Kier alpha value is -1.59. The SMILES string of the molecule is CNC(C)c1ccc(NC(=O)NC2CCC(OC)C2)cc1. The van der Waals surface area contributed by atoms with E-state index in [-0.39, 0.29) is 18.2 Å². The maximum Gasteiger partial charge on any atom is 0.319 e. The molecule has 3 N–H and O–H groups in total.